The predicted octanol–water partition coefficient (Wildman–Crippen LogP) is 1.67. The van der Waals surface area contributed by atoms with Gasteiger partial charge in [0.05, 0.1) is 20.8 Å². The standard InChI is InChI=1S/C13H15N3O4/c1-4-20-13(17)12-11(14-16-15-12)8-5-9(18-2)7-10(6-8)19-3/h5-7H,4H2,1-3H3,(H,14,15,16). The van der Waals surface area contributed by atoms with Crippen LogP contribution in [-0.2, 0) is 4.74 Å². The van der Waals surface area contributed by atoms with E-state index in [1.54, 1.807) is 39.3 Å². The summed E-state index contributed by atoms with van der Waals surface area (Å²) in [7, 11) is 3.10. The number of esters is 1. The van der Waals surface area contributed by atoms with Crippen molar-refractivity contribution >= 4 is 5.97 Å². The quantitative estimate of drug-likeness (QED) is 0.836. The Morgan fingerprint density at radius 1 is 1.15 bits per heavy atom. The number of ether oxygens (including phenoxy) is 3. The van der Waals surface area contributed by atoms with Crippen LogP contribution in [0.25, 0.3) is 11.3 Å². The summed E-state index contributed by atoms with van der Waals surface area (Å²) in [5.41, 5.74) is 1.17. The van der Waals surface area contributed by atoms with Gasteiger partial charge in [-0.25, -0.2) is 4.79 Å². The zero-order valence-electron chi connectivity index (χ0n) is 11.5. The third kappa shape index (κ3) is 2.71. The van der Waals surface area contributed by atoms with Crippen LogP contribution < -0.4 is 9.47 Å². The summed E-state index contributed by atoms with van der Waals surface area (Å²) < 4.78 is 15.3. The summed E-state index contributed by atoms with van der Waals surface area (Å²) in [6, 6.07) is 5.21. The van der Waals surface area contributed by atoms with E-state index in [9.17, 15) is 4.79 Å². The second-order valence-corrected chi connectivity index (χ2v) is 3.84. The number of hydrogen-bond acceptors (Lipinski definition) is 6. The fourth-order valence-electron chi connectivity index (χ4n) is 1.72. The molecule has 2 aromatic rings. The number of H-pyrrole nitrogens is 1. The smallest absolute Gasteiger partial charge is 0.361 e. The van der Waals surface area contributed by atoms with E-state index in [1.807, 2.05) is 0 Å². The van der Waals surface area contributed by atoms with Gasteiger partial charge in [-0.2, -0.15) is 10.3 Å². The first kappa shape index (κ1) is 13.9. The first-order chi connectivity index (χ1) is 9.69. The highest BCUT2D eigenvalue weighted by molar-refractivity contribution is 5.94. The summed E-state index contributed by atoms with van der Waals surface area (Å²) >= 11 is 0. The average molecular weight is 277 g/mol. The molecule has 0 saturated heterocycles. The van der Waals surface area contributed by atoms with Gasteiger partial charge in [0.2, 0.25) is 0 Å². The largest absolute Gasteiger partial charge is 0.497 e. The Hall–Kier alpha value is -2.57. The van der Waals surface area contributed by atoms with Crippen molar-refractivity contribution in [3.63, 3.8) is 0 Å². The van der Waals surface area contributed by atoms with Gasteiger partial charge in [0, 0.05) is 11.6 Å². The highest BCUT2D eigenvalue weighted by Gasteiger charge is 2.20. The molecule has 0 aliphatic carbocycles. The lowest BCUT2D eigenvalue weighted by Gasteiger charge is -2.07. The Labute approximate surface area is 115 Å². The normalized spacial score (nSPS) is 10.2. The molecular formula is C13H15N3O4. The Balaban J connectivity index is 2.46. The summed E-state index contributed by atoms with van der Waals surface area (Å²) in [5, 5.41) is 10.3. The van der Waals surface area contributed by atoms with Crippen molar-refractivity contribution in [2.24, 2.45) is 0 Å². The summed E-state index contributed by atoms with van der Waals surface area (Å²) in [6.07, 6.45) is 0. The molecule has 0 bridgehead atoms. The Morgan fingerprint density at radius 2 is 1.80 bits per heavy atom. The molecule has 0 unspecified atom stereocenters. The summed E-state index contributed by atoms with van der Waals surface area (Å²) in [5.74, 6) is 0.660. The molecule has 0 spiro atoms. The van der Waals surface area contributed by atoms with Gasteiger partial charge in [0.25, 0.3) is 0 Å². The van der Waals surface area contributed by atoms with Crippen molar-refractivity contribution in [1.82, 2.24) is 15.4 Å². The van der Waals surface area contributed by atoms with Crippen LogP contribution in [0.5, 0.6) is 11.5 Å². The van der Waals surface area contributed by atoms with E-state index in [0.29, 0.717) is 22.8 Å². The molecule has 0 aliphatic heterocycles. The maximum atomic E-state index is 11.8. The lowest BCUT2D eigenvalue weighted by molar-refractivity contribution is 0.0520. The number of benzene rings is 1. The number of methoxy groups -OCH3 is 2. The molecule has 0 aliphatic rings. The van der Waals surface area contributed by atoms with Crippen LogP contribution >= 0.6 is 0 Å². The highest BCUT2D eigenvalue weighted by Crippen LogP contribution is 2.29. The minimum Gasteiger partial charge on any atom is -0.497 e. The molecule has 0 saturated carbocycles. The van der Waals surface area contributed by atoms with Gasteiger partial charge in [0.15, 0.2) is 5.69 Å². The van der Waals surface area contributed by atoms with E-state index in [0.717, 1.165) is 0 Å². The predicted molar refractivity (Wildman–Crippen MR) is 70.9 cm³/mol. The number of aromatic amines is 1. The Bertz CT molecular complexity index is 587. The van der Waals surface area contributed by atoms with Crippen molar-refractivity contribution in [1.29, 1.82) is 0 Å². The van der Waals surface area contributed by atoms with Gasteiger partial charge in [-0.1, -0.05) is 0 Å². The molecule has 1 aromatic carbocycles. The van der Waals surface area contributed by atoms with E-state index in [2.05, 4.69) is 15.4 Å². The minimum atomic E-state index is -0.530. The van der Waals surface area contributed by atoms with Crippen molar-refractivity contribution in [3.8, 4) is 22.8 Å². The van der Waals surface area contributed by atoms with Crippen LogP contribution in [0.4, 0.5) is 0 Å². The fraction of sp³-hybridized carbons (Fsp3) is 0.308. The number of nitrogens with one attached hydrogen (secondary N) is 1. The molecule has 0 radical (unpaired) electrons. The first-order valence-corrected chi connectivity index (χ1v) is 6.01. The maximum absolute atomic E-state index is 11.8. The van der Waals surface area contributed by atoms with E-state index in [-0.39, 0.29) is 12.3 Å². The van der Waals surface area contributed by atoms with Crippen molar-refractivity contribution in [2.75, 3.05) is 20.8 Å². The third-order valence-corrected chi connectivity index (χ3v) is 2.64. The fourth-order valence-corrected chi connectivity index (χ4v) is 1.72. The Kier molecular flexibility index (Phi) is 4.19. The number of hydrogen-bond donors (Lipinski definition) is 1. The van der Waals surface area contributed by atoms with Crippen LogP contribution in [0.2, 0.25) is 0 Å². The van der Waals surface area contributed by atoms with E-state index < -0.39 is 5.97 Å². The number of rotatable bonds is 5. The lowest BCUT2D eigenvalue weighted by Crippen LogP contribution is -2.06. The van der Waals surface area contributed by atoms with Gasteiger partial charge in [-0.05, 0) is 19.1 Å². The van der Waals surface area contributed by atoms with Crippen LogP contribution in [0, 0.1) is 0 Å². The molecule has 0 fully saturated rings. The number of nitrogens with zero attached hydrogens (tertiary/aromatic N) is 2. The molecule has 7 heteroatoms. The maximum Gasteiger partial charge on any atom is 0.361 e. The zero-order chi connectivity index (χ0) is 14.5. The van der Waals surface area contributed by atoms with Crippen LogP contribution in [0.1, 0.15) is 17.4 Å². The molecule has 0 amide bonds. The molecule has 106 valence electrons. The minimum absolute atomic E-state index is 0.127. The van der Waals surface area contributed by atoms with Gasteiger partial charge < -0.3 is 14.2 Å². The van der Waals surface area contributed by atoms with Crippen LogP contribution in [0.15, 0.2) is 18.2 Å². The van der Waals surface area contributed by atoms with Crippen LogP contribution in [-0.4, -0.2) is 42.2 Å². The Morgan fingerprint density at radius 3 is 2.35 bits per heavy atom. The molecule has 7 nitrogen and oxygen atoms in total. The third-order valence-electron chi connectivity index (χ3n) is 2.64. The van der Waals surface area contributed by atoms with E-state index in [4.69, 9.17) is 14.2 Å². The molecule has 1 aromatic heterocycles. The topological polar surface area (TPSA) is 86.3 Å². The molecule has 1 N–H and O–H groups in total. The van der Waals surface area contributed by atoms with E-state index >= 15 is 0 Å². The second kappa shape index (κ2) is 6.05. The lowest BCUT2D eigenvalue weighted by atomic mass is 10.1. The second-order valence-electron chi connectivity index (χ2n) is 3.84. The van der Waals surface area contributed by atoms with Crippen molar-refractivity contribution < 1.29 is 19.0 Å². The SMILES string of the molecule is CCOC(=O)c1n[nH]nc1-c1cc(OC)cc(OC)c1. The average Bonchev–Trinajstić information content (AvgIpc) is 2.96. The van der Waals surface area contributed by atoms with Gasteiger partial charge in [-0.3, -0.25) is 0 Å². The first-order valence-electron chi connectivity index (χ1n) is 6.01. The van der Waals surface area contributed by atoms with Gasteiger partial charge in [0.1, 0.15) is 17.2 Å². The highest BCUT2D eigenvalue weighted by atomic mass is 16.5. The van der Waals surface area contributed by atoms with Crippen molar-refractivity contribution in [2.45, 2.75) is 6.92 Å². The zero-order valence-corrected chi connectivity index (χ0v) is 11.5. The molecule has 0 atom stereocenters. The number of carbonyl (C=O) groups is 1. The monoisotopic (exact) mass is 277 g/mol. The molecular weight excluding hydrogens is 262 g/mol. The van der Waals surface area contributed by atoms with Gasteiger partial charge >= 0.3 is 5.97 Å². The van der Waals surface area contributed by atoms with E-state index in [1.165, 1.54) is 0 Å². The van der Waals surface area contributed by atoms with Gasteiger partial charge in [-0.15, -0.1) is 5.10 Å². The van der Waals surface area contributed by atoms with Crippen LogP contribution in [0.3, 0.4) is 0 Å². The molecule has 2 rings (SSSR count). The number of carbonyl (C=O) groups excluding carboxylic acids is 1. The number of aromatic nitrogens is 3. The summed E-state index contributed by atoms with van der Waals surface area (Å²) in [4.78, 5) is 11.8. The molecule has 1 heterocycles. The van der Waals surface area contributed by atoms with Crippen molar-refractivity contribution in [3.05, 3.63) is 23.9 Å². The molecule has 20 heavy (non-hydrogen) atoms. The summed E-state index contributed by atoms with van der Waals surface area (Å²) in [6.45, 7) is 2.00.